The molecule has 0 radical (unpaired) electrons. The molecule has 5 nitrogen and oxygen atoms in total. The maximum absolute atomic E-state index is 11.5. The Labute approximate surface area is 115 Å². The summed E-state index contributed by atoms with van der Waals surface area (Å²) in [5, 5.41) is 12.7. The smallest absolute Gasteiger partial charge is 0.292 e. The van der Waals surface area contributed by atoms with E-state index in [1.54, 1.807) is 26.8 Å². The van der Waals surface area contributed by atoms with E-state index in [1.807, 2.05) is 0 Å². The van der Waals surface area contributed by atoms with Crippen molar-refractivity contribution in [3.63, 3.8) is 0 Å². The summed E-state index contributed by atoms with van der Waals surface area (Å²) in [5.41, 5.74) is -0.343. The van der Waals surface area contributed by atoms with Crippen molar-refractivity contribution in [2.45, 2.75) is 26.4 Å². The van der Waals surface area contributed by atoms with Crippen LogP contribution in [0.2, 0.25) is 10.0 Å². The van der Waals surface area contributed by atoms with Crippen molar-refractivity contribution in [2.24, 2.45) is 0 Å². The van der Waals surface area contributed by atoms with Crippen LogP contribution in [0.1, 0.15) is 31.1 Å². The average molecular weight is 297 g/mol. The summed E-state index contributed by atoms with van der Waals surface area (Å²) in [6.07, 6.45) is 0. The van der Waals surface area contributed by atoms with Gasteiger partial charge in [0.25, 0.3) is 0 Å². The lowest BCUT2D eigenvalue weighted by molar-refractivity contribution is -0.301. The third-order valence-corrected chi connectivity index (χ3v) is 2.07. The number of carbonyl (C=O) groups is 1. The predicted octanol–water partition coefficient (Wildman–Crippen LogP) is 3.90. The topological polar surface area (TPSA) is 76.0 Å². The summed E-state index contributed by atoms with van der Waals surface area (Å²) in [7, 11) is 0. The molecule has 1 aromatic rings. The van der Waals surface area contributed by atoms with Crippen molar-refractivity contribution in [1.82, 2.24) is 0 Å². The molecule has 0 aromatic heterocycles. The maximum atomic E-state index is 11.5. The summed E-state index contributed by atoms with van der Waals surface area (Å²) in [6, 6.07) is 4.51. The largest absolute Gasteiger partial charge is 0.374 e. The van der Waals surface area contributed by atoms with Gasteiger partial charge in [0.05, 0.1) is 10.6 Å². The molecule has 0 aliphatic rings. The number of hydrogen-bond acceptors (Lipinski definition) is 5. The van der Waals surface area contributed by atoms with Crippen LogP contribution >= 0.6 is 23.2 Å². The molecule has 1 aromatic carbocycles. The van der Waals surface area contributed by atoms with Gasteiger partial charge in [0, 0.05) is 5.02 Å². The molecule has 0 atom stereocenters. The van der Waals surface area contributed by atoms with Gasteiger partial charge in [-0.3, -0.25) is 15.4 Å². The SMILES string of the molecule is CC(C)(C)OOC(=O)c1ccc(Cl)cc1Cl.OO. The zero-order valence-corrected chi connectivity index (χ0v) is 11.6. The Morgan fingerprint density at radius 2 is 1.78 bits per heavy atom. The highest BCUT2D eigenvalue weighted by molar-refractivity contribution is 6.36. The minimum Gasteiger partial charge on any atom is -0.292 e. The standard InChI is InChI=1S/C11H12Cl2O3.H2O2/c1-11(2,3)16-15-10(14)8-5-4-7(12)6-9(8)13;1-2/h4-6H,1-3H3;1-2H. The van der Waals surface area contributed by atoms with Crippen LogP contribution in [0.25, 0.3) is 0 Å². The first-order chi connectivity index (χ1) is 8.29. The summed E-state index contributed by atoms with van der Waals surface area (Å²) in [5.74, 6) is -0.642. The fourth-order valence-electron chi connectivity index (χ4n) is 0.863. The third kappa shape index (κ3) is 6.18. The molecular weight excluding hydrogens is 283 g/mol. The van der Waals surface area contributed by atoms with Gasteiger partial charge in [-0.05, 0) is 39.0 Å². The lowest BCUT2D eigenvalue weighted by atomic mass is 10.2. The van der Waals surface area contributed by atoms with Crippen molar-refractivity contribution in [1.29, 1.82) is 0 Å². The van der Waals surface area contributed by atoms with Crippen LogP contribution in [-0.4, -0.2) is 22.1 Å². The Kier molecular flexibility index (Phi) is 7.20. The highest BCUT2D eigenvalue weighted by atomic mass is 35.5. The van der Waals surface area contributed by atoms with Crippen LogP contribution in [0.5, 0.6) is 0 Å². The lowest BCUT2D eigenvalue weighted by Crippen LogP contribution is -2.22. The second-order valence-corrected chi connectivity index (χ2v) is 5.03. The number of halogens is 2. The van der Waals surface area contributed by atoms with Gasteiger partial charge in [-0.15, -0.1) is 0 Å². The Morgan fingerprint density at radius 3 is 2.22 bits per heavy atom. The van der Waals surface area contributed by atoms with Gasteiger partial charge in [-0.2, -0.15) is 4.89 Å². The first-order valence-electron chi connectivity index (χ1n) is 4.85. The molecule has 0 amide bonds. The van der Waals surface area contributed by atoms with E-state index in [0.29, 0.717) is 5.02 Å². The molecule has 0 saturated heterocycles. The fourth-order valence-corrected chi connectivity index (χ4v) is 1.35. The Balaban J connectivity index is 0.00000137. The van der Waals surface area contributed by atoms with E-state index in [-0.39, 0.29) is 10.6 Å². The monoisotopic (exact) mass is 296 g/mol. The first kappa shape index (κ1) is 17.2. The van der Waals surface area contributed by atoms with Crippen LogP contribution < -0.4 is 0 Å². The molecule has 1 rings (SSSR count). The summed E-state index contributed by atoms with van der Waals surface area (Å²) >= 11 is 11.5. The van der Waals surface area contributed by atoms with Crippen LogP contribution in [-0.2, 0) is 9.78 Å². The van der Waals surface area contributed by atoms with Gasteiger partial charge in [-0.1, -0.05) is 23.2 Å². The molecule has 0 spiro atoms. The van der Waals surface area contributed by atoms with Crippen LogP contribution in [0, 0.1) is 0 Å². The van der Waals surface area contributed by atoms with E-state index in [4.69, 9.17) is 38.6 Å². The van der Waals surface area contributed by atoms with Gasteiger partial charge >= 0.3 is 5.97 Å². The average Bonchev–Trinajstić information content (AvgIpc) is 2.28. The van der Waals surface area contributed by atoms with E-state index >= 15 is 0 Å². The molecule has 0 heterocycles. The van der Waals surface area contributed by atoms with Gasteiger partial charge in [0.15, 0.2) is 0 Å². The van der Waals surface area contributed by atoms with Gasteiger partial charge in [0.2, 0.25) is 0 Å². The van der Waals surface area contributed by atoms with Crippen molar-refractivity contribution >= 4 is 29.2 Å². The molecule has 7 heteroatoms. The van der Waals surface area contributed by atoms with Crippen LogP contribution in [0.4, 0.5) is 0 Å². The number of benzene rings is 1. The Hall–Kier alpha value is -0.850. The minimum atomic E-state index is -0.642. The zero-order valence-electron chi connectivity index (χ0n) is 10.1. The highest BCUT2D eigenvalue weighted by Crippen LogP contribution is 2.22. The van der Waals surface area contributed by atoms with Crippen molar-refractivity contribution in [2.75, 3.05) is 0 Å². The molecule has 0 bridgehead atoms. The number of rotatable bonds is 2. The van der Waals surface area contributed by atoms with Gasteiger partial charge in [-0.25, -0.2) is 4.79 Å². The van der Waals surface area contributed by atoms with Gasteiger partial charge in [0.1, 0.15) is 5.60 Å². The summed E-state index contributed by atoms with van der Waals surface area (Å²) < 4.78 is 0. The van der Waals surface area contributed by atoms with Gasteiger partial charge < -0.3 is 0 Å². The number of carbonyl (C=O) groups excluding carboxylic acids is 1. The summed E-state index contributed by atoms with van der Waals surface area (Å²) in [6.45, 7) is 5.30. The fraction of sp³-hybridized carbons (Fsp3) is 0.364. The van der Waals surface area contributed by atoms with E-state index in [9.17, 15) is 4.79 Å². The Bertz CT molecular complexity index is 401. The molecule has 0 aliphatic carbocycles. The lowest BCUT2D eigenvalue weighted by Gasteiger charge is -2.16. The highest BCUT2D eigenvalue weighted by Gasteiger charge is 2.18. The predicted molar refractivity (Wildman–Crippen MR) is 68.0 cm³/mol. The molecule has 18 heavy (non-hydrogen) atoms. The molecule has 0 saturated carbocycles. The Morgan fingerprint density at radius 1 is 1.22 bits per heavy atom. The second kappa shape index (κ2) is 7.56. The second-order valence-electron chi connectivity index (χ2n) is 4.19. The van der Waals surface area contributed by atoms with Crippen molar-refractivity contribution in [3.05, 3.63) is 33.8 Å². The van der Waals surface area contributed by atoms with Crippen molar-refractivity contribution in [3.8, 4) is 0 Å². The van der Waals surface area contributed by atoms with Crippen molar-refractivity contribution < 1.29 is 25.1 Å². The molecule has 0 unspecified atom stereocenters. The molecule has 102 valence electrons. The van der Waals surface area contributed by atoms with E-state index in [1.165, 1.54) is 12.1 Å². The first-order valence-corrected chi connectivity index (χ1v) is 5.60. The maximum Gasteiger partial charge on any atom is 0.374 e. The molecule has 0 aliphatic heterocycles. The van der Waals surface area contributed by atoms with E-state index < -0.39 is 11.6 Å². The van der Waals surface area contributed by atoms with E-state index in [2.05, 4.69) is 4.89 Å². The zero-order chi connectivity index (χ0) is 14.3. The summed E-state index contributed by atoms with van der Waals surface area (Å²) in [4.78, 5) is 21.1. The number of hydrogen-bond donors (Lipinski definition) is 2. The van der Waals surface area contributed by atoms with Crippen LogP contribution in [0.15, 0.2) is 18.2 Å². The molecule has 0 fully saturated rings. The molecule has 2 N–H and O–H groups in total. The van der Waals surface area contributed by atoms with E-state index in [0.717, 1.165) is 0 Å². The normalized spacial score (nSPS) is 10.4. The minimum absolute atomic E-state index is 0.218. The quantitative estimate of drug-likeness (QED) is 0.639. The third-order valence-electron chi connectivity index (χ3n) is 1.52. The molecular formula is C11H14Cl2O5. The van der Waals surface area contributed by atoms with Crippen LogP contribution in [0.3, 0.4) is 0 Å².